The molecule has 0 aromatic heterocycles. The summed E-state index contributed by atoms with van der Waals surface area (Å²) in [4.78, 5) is 26.0. The lowest BCUT2D eigenvalue weighted by Crippen LogP contribution is -2.48. The molecule has 0 bridgehead atoms. The van der Waals surface area contributed by atoms with E-state index in [1.165, 1.54) is 5.56 Å². The Morgan fingerprint density at radius 2 is 1.55 bits per heavy atom. The Bertz CT molecular complexity index is 527. The number of carbonyl (C=O) groups is 2. The number of likely N-dealkylation sites (N-methyl/N-ethyl adjacent to an activating group) is 1. The molecule has 0 saturated heterocycles. The number of nitrogens with one attached hydrogen (secondary N) is 1. The molecule has 1 aromatic carbocycles. The average molecular weight is 304 g/mol. The van der Waals surface area contributed by atoms with Crippen molar-refractivity contribution in [2.24, 2.45) is 5.41 Å². The van der Waals surface area contributed by atoms with Crippen LogP contribution < -0.4 is 10.2 Å². The lowest BCUT2D eigenvalue weighted by atomic mass is 9.95. The van der Waals surface area contributed by atoms with Gasteiger partial charge in [-0.25, -0.2) is 0 Å². The molecule has 1 rings (SSSR count). The second kappa shape index (κ2) is 6.95. The first-order valence-electron chi connectivity index (χ1n) is 7.72. The summed E-state index contributed by atoms with van der Waals surface area (Å²) in [6.07, 6.45) is 0. The van der Waals surface area contributed by atoms with Crippen LogP contribution in [0.25, 0.3) is 0 Å². The van der Waals surface area contributed by atoms with Gasteiger partial charge < -0.3 is 10.2 Å². The van der Waals surface area contributed by atoms with E-state index >= 15 is 0 Å². The van der Waals surface area contributed by atoms with Gasteiger partial charge in [0.25, 0.3) is 0 Å². The maximum atomic E-state index is 12.4. The summed E-state index contributed by atoms with van der Waals surface area (Å²) in [5.74, 6) is 0.201. The van der Waals surface area contributed by atoms with Crippen LogP contribution in [0.5, 0.6) is 0 Å². The van der Waals surface area contributed by atoms with Gasteiger partial charge in [0.2, 0.25) is 11.8 Å². The van der Waals surface area contributed by atoms with Gasteiger partial charge in [0.1, 0.15) is 6.04 Å². The second-order valence-corrected chi connectivity index (χ2v) is 7.09. The third kappa shape index (κ3) is 4.58. The van der Waals surface area contributed by atoms with E-state index in [2.05, 4.69) is 19.2 Å². The van der Waals surface area contributed by atoms with Crippen molar-refractivity contribution in [2.45, 2.75) is 53.5 Å². The minimum atomic E-state index is -0.554. The Labute approximate surface area is 133 Å². The van der Waals surface area contributed by atoms with Gasteiger partial charge >= 0.3 is 0 Å². The molecule has 4 nitrogen and oxygen atoms in total. The van der Waals surface area contributed by atoms with Crippen LogP contribution in [-0.2, 0) is 9.59 Å². The highest BCUT2D eigenvalue weighted by molar-refractivity contribution is 5.99. The molecule has 0 heterocycles. The van der Waals surface area contributed by atoms with Gasteiger partial charge in [-0.1, -0.05) is 46.8 Å². The number of benzene rings is 1. The SMILES string of the molecule is CC(C)c1ccc(N(C)C(=O)[C@H](C)NC(=O)C(C)(C)C)cc1. The lowest BCUT2D eigenvalue weighted by molar-refractivity contribution is -0.132. The molecule has 1 N–H and O–H groups in total. The first kappa shape index (κ1) is 18.2. The molecule has 2 amide bonds. The van der Waals surface area contributed by atoms with E-state index < -0.39 is 11.5 Å². The predicted octanol–water partition coefficient (Wildman–Crippen LogP) is 3.32. The van der Waals surface area contributed by atoms with Crippen molar-refractivity contribution in [3.8, 4) is 0 Å². The summed E-state index contributed by atoms with van der Waals surface area (Å²) >= 11 is 0. The number of hydrogen-bond donors (Lipinski definition) is 1. The standard InChI is InChI=1S/C18H28N2O2/c1-12(2)14-8-10-15(11-9-14)20(7)16(21)13(3)19-17(22)18(4,5)6/h8-13H,1-7H3,(H,19,22)/t13-/m0/s1. The van der Waals surface area contributed by atoms with Crippen molar-refractivity contribution < 1.29 is 9.59 Å². The summed E-state index contributed by atoms with van der Waals surface area (Å²) < 4.78 is 0. The zero-order valence-electron chi connectivity index (χ0n) is 14.7. The predicted molar refractivity (Wildman–Crippen MR) is 91.0 cm³/mol. The van der Waals surface area contributed by atoms with Crippen LogP contribution in [0.15, 0.2) is 24.3 Å². The number of hydrogen-bond acceptors (Lipinski definition) is 2. The van der Waals surface area contributed by atoms with E-state index in [0.717, 1.165) is 5.69 Å². The third-order valence-electron chi connectivity index (χ3n) is 3.68. The van der Waals surface area contributed by atoms with Crippen LogP contribution in [-0.4, -0.2) is 24.9 Å². The number of rotatable bonds is 4. The van der Waals surface area contributed by atoms with Crippen molar-refractivity contribution in [3.63, 3.8) is 0 Å². The van der Waals surface area contributed by atoms with Gasteiger partial charge in [-0.2, -0.15) is 0 Å². The van der Waals surface area contributed by atoms with Crippen molar-refractivity contribution in [2.75, 3.05) is 11.9 Å². The van der Waals surface area contributed by atoms with Crippen LogP contribution in [0.1, 0.15) is 53.0 Å². The summed E-state index contributed by atoms with van der Waals surface area (Å²) in [5.41, 5.74) is 1.55. The second-order valence-electron chi connectivity index (χ2n) is 7.09. The summed E-state index contributed by atoms with van der Waals surface area (Å²) in [6, 6.07) is 7.38. The fraction of sp³-hybridized carbons (Fsp3) is 0.556. The van der Waals surface area contributed by atoms with Gasteiger partial charge in [0, 0.05) is 18.2 Å². The average Bonchev–Trinajstić information content (AvgIpc) is 2.44. The van der Waals surface area contributed by atoms with Crippen LogP contribution in [0, 0.1) is 5.41 Å². The number of nitrogens with zero attached hydrogens (tertiary/aromatic N) is 1. The monoisotopic (exact) mass is 304 g/mol. The van der Waals surface area contributed by atoms with E-state index in [1.54, 1.807) is 18.9 Å². The number of carbonyl (C=O) groups excluding carboxylic acids is 2. The van der Waals surface area contributed by atoms with Gasteiger partial charge in [0.15, 0.2) is 0 Å². The van der Waals surface area contributed by atoms with Gasteiger partial charge in [-0.05, 0) is 30.5 Å². The van der Waals surface area contributed by atoms with Crippen molar-refractivity contribution >= 4 is 17.5 Å². The highest BCUT2D eigenvalue weighted by Gasteiger charge is 2.26. The summed E-state index contributed by atoms with van der Waals surface area (Å²) in [7, 11) is 1.73. The van der Waals surface area contributed by atoms with Crippen LogP contribution in [0.3, 0.4) is 0 Å². The topological polar surface area (TPSA) is 49.4 Å². The fourth-order valence-corrected chi connectivity index (χ4v) is 1.98. The smallest absolute Gasteiger partial charge is 0.249 e. The number of anilines is 1. The summed E-state index contributed by atoms with van der Waals surface area (Å²) in [6.45, 7) is 11.5. The van der Waals surface area contributed by atoms with Crippen molar-refractivity contribution in [1.82, 2.24) is 5.32 Å². The Kier molecular flexibility index (Phi) is 5.75. The molecule has 4 heteroatoms. The Balaban J connectivity index is 2.77. The van der Waals surface area contributed by atoms with E-state index in [9.17, 15) is 9.59 Å². The molecule has 0 aliphatic rings. The Hall–Kier alpha value is -1.84. The van der Waals surface area contributed by atoms with Crippen LogP contribution in [0.2, 0.25) is 0 Å². The maximum absolute atomic E-state index is 12.4. The molecule has 0 unspecified atom stereocenters. The molecule has 22 heavy (non-hydrogen) atoms. The summed E-state index contributed by atoms with van der Waals surface area (Å²) in [5, 5.41) is 2.77. The van der Waals surface area contributed by atoms with Crippen LogP contribution in [0.4, 0.5) is 5.69 Å². The fourth-order valence-electron chi connectivity index (χ4n) is 1.98. The molecule has 0 radical (unpaired) electrons. The largest absolute Gasteiger partial charge is 0.344 e. The molecule has 0 aliphatic carbocycles. The molecule has 0 fully saturated rings. The van der Waals surface area contributed by atoms with E-state index in [0.29, 0.717) is 5.92 Å². The first-order chi connectivity index (χ1) is 10.0. The minimum absolute atomic E-state index is 0.128. The van der Waals surface area contributed by atoms with E-state index in [-0.39, 0.29) is 11.8 Å². The molecule has 122 valence electrons. The molecule has 0 spiro atoms. The van der Waals surface area contributed by atoms with Crippen molar-refractivity contribution in [3.05, 3.63) is 29.8 Å². The third-order valence-corrected chi connectivity index (χ3v) is 3.68. The maximum Gasteiger partial charge on any atom is 0.249 e. The molecule has 0 aliphatic heterocycles. The zero-order valence-corrected chi connectivity index (χ0v) is 14.7. The molecular formula is C18H28N2O2. The highest BCUT2D eigenvalue weighted by Crippen LogP contribution is 2.20. The zero-order chi connectivity index (χ0) is 17.1. The quantitative estimate of drug-likeness (QED) is 0.927. The van der Waals surface area contributed by atoms with Gasteiger partial charge in [0.05, 0.1) is 0 Å². The first-order valence-corrected chi connectivity index (χ1v) is 7.72. The number of amides is 2. The molecule has 1 atom stereocenters. The minimum Gasteiger partial charge on any atom is -0.344 e. The molecule has 1 aromatic rings. The molecular weight excluding hydrogens is 276 g/mol. The Morgan fingerprint density at radius 3 is 1.95 bits per heavy atom. The molecule has 0 saturated carbocycles. The van der Waals surface area contributed by atoms with E-state index in [4.69, 9.17) is 0 Å². The van der Waals surface area contributed by atoms with Gasteiger partial charge in [-0.3, -0.25) is 9.59 Å². The van der Waals surface area contributed by atoms with Crippen molar-refractivity contribution in [1.29, 1.82) is 0 Å². The normalized spacial score (nSPS) is 12.9. The Morgan fingerprint density at radius 1 is 1.05 bits per heavy atom. The van der Waals surface area contributed by atoms with Gasteiger partial charge in [-0.15, -0.1) is 0 Å². The highest BCUT2D eigenvalue weighted by atomic mass is 16.2. The van der Waals surface area contributed by atoms with Crippen LogP contribution >= 0.6 is 0 Å². The van der Waals surface area contributed by atoms with E-state index in [1.807, 2.05) is 45.0 Å². The lowest BCUT2D eigenvalue weighted by Gasteiger charge is -2.25.